The number of carbonyl (C=O) groups excluding carboxylic acids is 1. The van der Waals surface area contributed by atoms with Crippen molar-refractivity contribution in [3.63, 3.8) is 0 Å². The monoisotopic (exact) mass is 316 g/mol. The van der Waals surface area contributed by atoms with Crippen molar-refractivity contribution >= 4 is 17.7 Å². The Morgan fingerprint density at radius 2 is 2.45 bits per heavy atom. The van der Waals surface area contributed by atoms with E-state index in [-0.39, 0.29) is 5.97 Å². The second kappa shape index (κ2) is 5.93. The minimum atomic E-state index is -0.490. The molecule has 0 aliphatic carbocycles. The lowest BCUT2D eigenvalue weighted by Gasteiger charge is -2.32. The highest BCUT2D eigenvalue weighted by Crippen LogP contribution is 2.47. The summed E-state index contributed by atoms with van der Waals surface area (Å²) >= 11 is 1.65. The third-order valence-corrected chi connectivity index (χ3v) is 4.95. The summed E-state index contributed by atoms with van der Waals surface area (Å²) in [6.07, 6.45) is 1.56. The van der Waals surface area contributed by atoms with E-state index in [0.29, 0.717) is 23.5 Å². The molecule has 0 bridgehead atoms. The third kappa shape index (κ3) is 2.22. The number of ether oxygens (including phenoxy) is 1. The van der Waals surface area contributed by atoms with Crippen molar-refractivity contribution in [1.82, 2.24) is 4.90 Å². The van der Waals surface area contributed by atoms with Gasteiger partial charge in [-0.3, -0.25) is 0 Å². The van der Waals surface area contributed by atoms with Crippen LogP contribution in [-0.4, -0.2) is 29.8 Å². The number of nitrogens with zero attached hydrogens (tertiary/aromatic N) is 2. The van der Waals surface area contributed by atoms with E-state index < -0.39 is 5.92 Å². The van der Waals surface area contributed by atoms with Gasteiger partial charge < -0.3 is 14.1 Å². The van der Waals surface area contributed by atoms with E-state index in [2.05, 4.69) is 6.07 Å². The highest BCUT2D eigenvalue weighted by atomic mass is 32.2. The highest BCUT2D eigenvalue weighted by molar-refractivity contribution is 8.03. The molecule has 1 fully saturated rings. The molecule has 5 nitrogen and oxygen atoms in total. The van der Waals surface area contributed by atoms with Crippen LogP contribution in [-0.2, 0) is 9.53 Å². The maximum atomic E-state index is 12.5. The summed E-state index contributed by atoms with van der Waals surface area (Å²) in [5.74, 6) is 0.623. The Morgan fingerprint density at radius 3 is 3.09 bits per heavy atom. The van der Waals surface area contributed by atoms with Crippen LogP contribution in [0, 0.1) is 11.3 Å². The van der Waals surface area contributed by atoms with Crippen molar-refractivity contribution in [2.24, 2.45) is 0 Å². The molecular formula is C16H16N2O3S. The van der Waals surface area contributed by atoms with Gasteiger partial charge in [0.1, 0.15) is 5.76 Å². The molecule has 1 saturated heterocycles. The number of fused-ring (bicyclic) bond motifs is 1. The minimum Gasteiger partial charge on any atom is -0.468 e. The number of esters is 1. The first kappa shape index (κ1) is 14.8. The summed E-state index contributed by atoms with van der Waals surface area (Å²) in [4.78, 5) is 14.5. The molecule has 0 N–H and O–H groups in total. The van der Waals surface area contributed by atoms with Gasteiger partial charge in [0.15, 0.2) is 0 Å². The molecule has 114 valence electrons. The first-order valence-electron chi connectivity index (χ1n) is 7.15. The fourth-order valence-electron chi connectivity index (χ4n) is 2.91. The average Bonchev–Trinajstić information content (AvgIpc) is 3.18. The summed E-state index contributed by atoms with van der Waals surface area (Å²) in [6.45, 7) is 4.78. The van der Waals surface area contributed by atoms with Gasteiger partial charge in [-0.1, -0.05) is 0 Å². The summed E-state index contributed by atoms with van der Waals surface area (Å²) in [6, 6.07) is 5.84. The molecule has 1 aromatic rings. The zero-order chi connectivity index (χ0) is 15.7. The van der Waals surface area contributed by atoms with Gasteiger partial charge in [0.25, 0.3) is 0 Å². The van der Waals surface area contributed by atoms with Gasteiger partial charge in [-0.05, 0) is 26.0 Å². The van der Waals surface area contributed by atoms with E-state index in [1.165, 1.54) is 0 Å². The Balaban J connectivity index is 2.17. The molecule has 0 radical (unpaired) electrons. The van der Waals surface area contributed by atoms with Crippen LogP contribution < -0.4 is 0 Å². The van der Waals surface area contributed by atoms with Crippen LogP contribution in [0.15, 0.2) is 44.7 Å². The second-order valence-electron chi connectivity index (χ2n) is 5.00. The van der Waals surface area contributed by atoms with Crippen LogP contribution >= 0.6 is 11.8 Å². The van der Waals surface area contributed by atoms with Gasteiger partial charge in [-0.15, -0.1) is 11.8 Å². The van der Waals surface area contributed by atoms with Crippen LogP contribution in [0.5, 0.6) is 0 Å². The maximum absolute atomic E-state index is 12.5. The molecule has 2 aliphatic heterocycles. The number of hydrogen-bond acceptors (Lipinski definition) is 6. The molecule has 3 heterocycles. The summed E-state index contributed by atoms with van der Waals surface area (Å²) in [7, 11) is 0. The molecule has 0 saturated carbocycles. The first-order chi connectivity index (χ1) is 10.7. The first-order valence-corrected chi connectivity index (χ1v) is 8.13. The lowest BCUT2D eigenvalue weighted by Crippen LogP contribution is -2.30. The highest BCUT2D eigenvalue weighted by Gasteiger charge is 2.41. The predicted octanol–water partition coefficient (Wildman–Crippen LogP) is 3.00. The fourth-order valence-corrected chi connectivity index (χ4v) is 4.08. The number of rotatable bonds is 3. The van der Waals surface area contributed by atoms with E-state index in [9.17, 15) is 10.1 Å². The van der Waals surface area contributed by atoms with Crippen molar-refractivity contribution in [3.8, 4) is 6.07 Å². The number of thioether (sulfide) groups is 1. The molecule has 6 heteroatoms. The third-order valence-electron chi connectivity index (χ3n) is 3.84. The maximum Gasteiger partial charge on any atom is 0.336 e. The summed E-state index contributed by atoms with van der Waals surface area (Å²) < 4.78 is 10.7. The molecule has 22 heavy (non-hydrogen) atoms. The quantitative estimate of drug-likeness (QED) is 0.799. The number of hydrogen-bond donors (Lipinski definition) is 0. The zero-order valence-corrected chi connectivity index (χ0v) is 13.3. The number of allylic oxidation sites excluding steroid dienone is 2. The SMILES string of the molecule is CCOC(=O)C1=C(C)N2CCSC2=C(C#N)[C@H]1c1ccco1. The summed E-state index contributed by atoms with van der Waals surface area (Å²) in [5.41, 5.74) is 1.91. The standard InChI is InChI=1S/C16H16N2O3S/c1-3-20-16(19)13-10(2)18-6-8-22-15(18)11(9-17)14(13)12-5-4-7-21-12/h4-5,7,14H,3,6,8H2,1-2H3/t14-/m0/s1. The molecule has 2 aliphatic rings. The molecule has 3 rings (SSSR count). The van der Waals surface area contributed by atoms with Crippen molar-refractivity contribution in [2.75, 3.05) is 18.9 Å². The lowest BCUT2D eigenvalue weighted by molar-refractivity contribution is -0.139. The molecule has 0 unspecified atom stereocenters. The Bertz CT molecular complexity index is 697. The van der Waals surface area contributed by atoms with E-state index in [1.54, 1.807) is 37.1 Å². The van der Waals surface area contributed by atoms with E-state index in [1.807, 2.05) is 11.8 Å². The van der Waals surface area contributed by atoms with Gasteiger partial charge in [-0.25, -0.2) is 4.79 Å². The van der Waals surface area contributed by atoms with Gasteiger partial charge >= 0.3 is 5.97 Å². The Morgan fingerprint density at radius 1 is 1.64 bits per heavy atom. The fraction of sp³-hybridized carbons (Fsp3) is 0.375. The van der Waals surface area contributed by atoms with Crippen LogP contribution in [0.3, 0.4) is 0 Å². The molecule has 1 atom stereocenters. The Hall–Kier alpha value is -2.13. The largest absolute Gasteiger partial charge is 0.468 e. The molecule has 0 aromatic carbocycles. The van der Waals surface area contributed by atoms with Gasteiger partial charge in [0, 0.05) is 18.0 Å². The van der Waals surface area contributed by atoms with E-state index in [4.69, 9.17) is 9.15 Å². The van der Waals surface area contributed by atoms with Crippen LogP contribution in [0.4, 0.5) is 0 Å². The van der Waals surface area contributed by atoms with Crippen molar-refractivity contribution in [2.45, 2.75) is 19.8 Å². The van der Waals surface area contributed by atoms with Gasteiger partial charge in [-0.2, -0.15) is 5.26 Å². The normalized spacial score (nSPS) is 21.0. The number of furan rings is 1. The number of carbonyl (C=O) groups is 1. The smallest absolute Gasteiger partial charge is 0.336 e. The van der Waals surface area contributed by atoms with Crippen molar-refractivity contribution in [3.05, 3.63) is 46.0 Å². The zero-order valence-electron chi connectivity index (χ0n) is 12.5. The average molecular weight is 316 g/mol. The topological polar surface area (TPSA) is 66.5 Å². The van der Waals surface area contributed by atoms with Crippen molar-refractivity contribution < 1.29 is 13.9 Å². The second-order valence-corrected chi connectivity index (χ2v) is 6.08. The van der Waals surface area contributed by atoms with E-state index >= 15 is 0 Å². The van der Waals surface area contributed by atoms with Gasteiger partial charge in [0.05, 0.1) is 41.0 Å². The minimum absolute atomic E-state index is 0.299. The van der Waals surface area contributed by atoms with Crippen LogP contribution in [0.2, 0.25) is 0 Å². The van der Waals surface area contributed by atoms with Crippen molar-refractivity contribution in [1.29, 1.82) is 5.26 Å². The Labute approximate surface area is 133 Å². The number of nitriles is 1. The molecule has 0 amide bonds. The molecular weight excluding hydrogens is 300 g/mol. The molecule has 1 aromatic heterocycles. The Kier molecular flexibility index (Phi) is 3.99. The summed E-state index contributed by atoms with van der Waals surface area (Å²) in [5, 5.41) is 10.6. The van der Waals surface area contributed by atoms with Crippen LogP contribution in [0.25, 0.3) is 0 Å². The van der Waals surface area contributed by atoms with Crippen LogP contribution in [0.1, 0.15) is 25.5 Å². The van der Waals surface area contributed by atoms with E-state index in [0.717, 1.165) is 23.0 Å². The van der Waals surface area contributed by atoms with Gasteiger partial charge in [0.2, 0.25) is 0 Å². The predicted molar refractivity (Wildman–Crippen MR) is 82.6 cm³/mol. The molecule has 0 spiro atoms. The lowest BCUT2D eigenvalue weighted by atomic mass is 9.85.